The molecule has 0 saturated heterocycles. The average Bonchev–Trinajstić information content (AvgIpc) is 3.64. The lowest BCUT2D eigenvalue weighted by atomic mass is 9.80. The number of benzene rings is 13. The molecule has 0 unspecified atom stereocenters. The summed E-state index contributed by atoms with van der Waals surface area (Å²) in [5.41, 5.74) is 17.8. The van der Waals surface area contributed by atoms with Crippen LogP contribution in [0.5, 0.6) is 0 Å². The van der Waals surface area contributed by atoms with E-state index >= 15 is 0 Å². The molecule has 0 nitrogen and oxygen atoms in total. The summed E-state index contributed by atoms with van der Waals surface area (Å²) in [5.74, 6) is 0. The van der Waals surface area contributed by atoms with Crippen LogP contribution in [0.4, 0.5) is 0 Å². The molecule has 14 rings (SSSR count). The highest BCUT2D eigenvalue weighted by molar-refractivity contribution is 6.23. The first-order valence-corrected chi connectivity index (χ1v) is 24.2. The first kappa shape index (κ1) is 39.6. The van der Waals surface area contributed by atoms with Crippen LogP contribution in [0, 0.1) is 0 Å². The Balaban J connectivity index is 0.990. The smallest absolute Gasteiger partial charge is 0.0159 e. The van der Waals surface area contributed by atoms with E-state index in [1.54, 1.807) is 0 Å². The van der Waals surface area contributed by atoms with E-state index in [-0.39, 0.29) is 5.41 Å². The maximum absolute atomic E-state index is 2.48. The fraction of sp³-hybridized carbons (Fsp3) is 0.0435. The van der Waals surface area contributed by atoms with Gasteiger partial charge in [-0.1, -0.05) is 214 Å². The maximum atomic E-state index is 2.48. The number of fused-ring (bicyclic) bond motifs is 10. The minimum atomic E-state index is -0.0858. The van der Waals surface area contributed by atoms with Gasteiger partial charge in [0, 0.05) is 5.41 Å². The van der Waals surface area contributed by atoms with Crippen LogP contribution in [0.2, 0.25) is 0 Å². The molecule has 0 bridgehead atoms. The van der Waals surface area contributed by atoms with Crippen LogP contribution in [0.1, 0.15) is 25.0 Å². The Labute approximate surface area is 402 Å². The van der Waals surface area contributed by atoms with Gasteiger partial charge in [0.05, 0.1) is 0 Å². The fourth-order valence-electron chi connectivity index (χ4n) is 12.0. The summed E-state index contributed by atoms with van der Waals surface area (Å²) in [6.07, 6.45) is 0. The van der Waals surface area contributed by atoms with Crippen LogP contribution in [-0.2, 0) is 5.41 Å². The van der Waals surface area contributed by atoms with Crippen LogP contribution in [0.25, 0.3) is 131 Å². The van der Waals surface area contributed by atoms with Crippen molar-refractivity contribution in [3.8, 4) is 66.8 Å². The van der Waals surface area contributed by atoms with Crippen molar-refractivity contribution in [2.24, 2.45) is 0 Å². The summed E-state index contributed by atoms with van der Waals surface area (Å²) >= 11 is 0. The summed E-state index contributed by atoms with van der Waals surface area (Å²) < 4.78 is 0. The Hall–Kier alpha value is -8.58. The molecule has 0 aliphatic heterocycles. The molecule has 0 heterocycles. The molecule has 1 aliphatic carbocycles. The van der Waals surface area contributed by atoms with E-state index in [0.717, 1.165) is 0 Å². The normalized spacial score (nSPS) is 12.9. The monoisotopic (exact) mass is 874 g/mol. The highest BCUT2D eigenvalue weighted by Crippen LogP contribution is 2.52. The number of rotatable bonds is 5. The predicted molar refractivity (Wildman–Crippen MR) is 296 cm³/mol. The van der Waals surface area contributed by atoms with E-state index in [2.05, 4.69) is 257 Å². The molecule has 0 heteroatoms. The summed E-state index contributed by atoms with van der Waals surface area (Å²) in [4.78, 5) is 0. The largest absolute Gasteiger partial charge is 0.0622 e. The number of hydrogen-bond acceptors (Lipinski definition) is 0. The average molecular weight is 875 g/mol. The third-order valence-electron chi connectivity index (χ3n) is 15.4. The van der Waals surface area contributed by atoms with Crippen molar-refractivity contribution >= 4 is 64.6 Å². The summed E-state index contributed by atoms with van der Waals surface area (Å²) in [7, 11) is 0. The second kappa shape index (κ2) is 15.2. The predicted octanol–water partition coefficient (Wildman–Crippen LogP) is 19.2. The quantitative estimate of drug-likeness (QED) is 0.119. The molecular weight excluding hydrogens is 829 g/mol. The molecule has 0 atom stereocenters. The molecule has 1 aliphatic rings. The molecular formula is C69H46. The Morgan fingerprint density at radius 1 is 0.217 bits per heavy atom. The van der Waals surface area contributed by atoms with Gasteiger partial charge >= 0.3 is 0 Å². The van der Waals surface area contributed by atoms with Crippen molar-refractivity contribution in [2.45, 2.75) is 19.3 Å². The van der Waals surface area contributed by atoms with Crippen LogP contribution in [0.15, 0.2) is 243 Å². The molecule has 322 valence electrons. The molecule has 0 amide bonds. The van der Waals surface area contributed by atoms with Gasteiger partial charge in [0.15, 0.2) is 0 Å². The number of hydrogen-bond donors (Lipinski definition) is 0. The van der Waals surface area contributed by atoms with Crippen LogP contribution in [-0.4, -0.2) is 0 Å². The van der Waals surface area contributed by atoms with Crippen molar-refractivity contribution in [3.05, 3.63) is 254 Å². The van der Waals surface area contributed by atoms with E-state index in [4.69, 9.17) is 0 Å². The highest BCUT2D eigenvalue weighted by atomic mass is 14.4. The van der Waals surface area contributed by atoms with Gasteiger partial charge in [0.2, 0.25) is 0 Å². The summed E-state index contributed by atoms with van der Waals surface area (Å²) in [6.45, 7) is 4.75. The van der Waals surface area contributed by atoms with Crippen molar-refractivity contribution in [3.63, 3.8) is 0 Å². The Bertz CT molecular complexity index is 4210. The Morgan fingerprint density at radius 2 is 0.681 bits per heavy atom. The third kappa shape index (κ3) is 6.15. The van der Waals surface area contributed by atoms with E-state index in [9.17, 15) is 0 Å². The molecule has 0 saturated carbocycles. The van der Waals surface area contributed by atoms with Crippen molar-refractivity contribution in [1.29, 1.82) is 0 Å². The molecule has 0 radical (unpaired) electrons. The second-order valence-electron chi connectivity index (χ2n) is 19.6. The van der Waals surface area contributed by atoms with Crippen molar-refractivity contribution in [1.82, 2.24) is 0 Å². The molecule has 0 spiro atoms. The molecule has 0 aromatic heterocycles. The van der Waals surface area contributed by atoms with Gasteiger partial charge < -0.3 is 0 Å². The van der Waals surface area contributed by atoms with Crippen molar-refractivity contribution in [2.75, 3.05) is 0 Å². The van der Waals surface area contributed by atoms with E-state index in [1.165, 1.54) is 143 Å². The molecule has 13 aromatic rings. The lowest BCUT2D eigenvalue weighted by Gasteiger charge is -2.23. The van der Waals surface area contributed by atoms with E-state index in [0.29, 0.717) is 0 Å². The minimum absolute atomic E-state index is 0.0858. The van der Waals surface area contributed by atoms with Gasteiger partial charge in [-0.15, -0.1) is 0 Å². The zero-order chi connectivity index (χ0) is 45.8. The SMILES string of the molecule is CC1(C)c2ccccc2-c2ccc(-c3c4ccccc4c(-c4ccc5c(c4)cc(-c4ccc6ccccc6c4)c4cc(-c6cc7ccccc7cc6-c6ccccc6)ccc45)c4ccccc34)cc21. The van der Waals surface area contributed by atoms with Gasteiger partial charge in [-0.25, -0.2) is 0 Å². The zero-order valence-electron chi connectivity index (χ0n) is 38.6. The Morgan fingerprint density at radius 3 is 1.38 bits per heavy atom. The molecule has 13 aromatic carbocycles. The fourth-order valence-corrected chi connectivity index (χ4v) is 12.0. The first-order valence-electron chi connectivity index (χ1n) is 24.2. The van der Waals surface area contributed by atoms with E-state index in [1.807, 2.05) is 0 Å². The van der Waals surface area contributed by atoms with E-state index < -0.39 is 0 Å². The standard InChI is InChI=1S/C69H46/c1-69(2)65-27-15-14-22-55(65)56-35-32-51(42-66(56)69)68-59-25-12-10-23-57(59)67(58-24-11-13-26-60(58)68)50-31-33-53-52(37-50)41-63(48-29-28-43-16-6-7-19-45(43)36-48)64-40-49(30-34-54(53)64)62-39-47-21-9-8-20-46(47)38-61(62)44-17-4-3-5-18-44/h3-42H,1-2H3. The summed E-state index contributed by atoms with van der Waals surface area (Å²) in [5, 5.41) is 15.0. The first-order chi connectivity index (χ1) is 34.0. The lowest BCUT2D eigenvalue weighted by Crippen LogP contribution is -2.14. The third-order valence-corrected chi connectivity index (χ3v) is 15.4. The Kier molecular flexibility index (Phi) is 8.73. The van der Waals surface area contributed by atoms with Crippen LogP contribution < -0.4 is 0 Å². The van der Waals surface area contributed by atoms with Gasteiger partial charge in [0.1, 0.15) is 0 Å². The van der Waals surface area contributed by atoms with Gasteiger partial charge in [-0.05, 0) is 185 Å². The maximum Gasteiger partial charge on any atom is 0.0159 e. The van der Waals surface area contributed by atoms with Crippen LogP contribution >= 0.6 is 0 Å². The molecule has 69 heavy (non-hydrogen) atoms. The van der Waals surface area contributed by atoms with Crippen molar-refractivity contribution < 1.29 is 0 Å². The van der Waals surface area contributed by atoms with Gasteiger partial charge in [-0.3, -0.25) is 0 Å². The van der Waals surface area contributed by atoms with Gasteiger partial charge in [0.25, 0.3) is 0 Å². The second-order valence-corrected chi connectivity index (χ2v) is 19.6. The molecule has 0 fully saturated rings. The summed E-state index contributed by atoms with van der Waals surface area (Å²) in [6, 6.07) is 91.0. The minimum Gasteiger partial charge on any atom is -0.0622 e. The zero-order valence-corrected chi connectivity index (χ0v) is 38.6. The topological polar surface area (TPSA) is 0 Å². The lowest BCUT2D eigenvalue weighted by molar-refractivity contribution is 0.660. The van der Waals surface area contributed by atoms with Gasteiger partial charge in [-0.2, -0.15) is 0 Å². The highest BCUT2D eigenvalue weighted by Gasteiger charge is 2.35. The molecule has 0 N–H and O–H groups in total. The van der Waals surface area contributed by atoms with Crippen LogP contribution in [0.3, 0.4) is 0 Å².